The van der Waals surface area contributed by atoms with Gasteiger partial charge in [-0.25, -0.2) is 0 Å². The van der Waals surface area contributed by atoms with Crippen molar-refractivity contribution in [3.8, 4) is 5.75 Å². The van der Waals surface area contributed by atoms with Gasteiger partial charge in [0.2, 0.25) is 0 Å². The molecule has 3 nitrogen and oxygen atoms in total. The highest BCUT2D eigenvalue weighted by atomic mass is 16.5. The molecule has 0 radical (unpaired) electrons. The zero-order chi connectivity index (χ0) is 13.9. The highest BCUT2D eigenvalue weighted by Crippen LogP contribution is 2.19. The van der Waals surface area contributed by atoms with Crippen LogP contribution in [0.25, 0.3) is 0 Å². The summed E-state index contributed by atoms with van der Waals surface area (Å²) in [6, 6.07) is 8.66. The number of hydrogen-bond acceptors (Lipinski definition) is 3. The van der Waals surface area contributed by atoms with E-state index in [2.05, 4.69) is 31.3 Å². The Labute approximate surface area is 117 Å². The zero-order valence-electron chi connectivity index (χ0n) is 12.4. The summed E-state index contributed by atoms with van der Waals surface area (Å²) in [6.45, 7) is 6.93. The Morgan fingerprint density at radius 1 is 1.11 bits per heavy atom. The van der Waals surface area contributed by atoms with E-state index in [0.29, 0.717) is 6.04 Å². The van der Waals surface area contributed by atoms with Gasteiger partial charge in [-0.3, -0.25) is 0 Å². The van der Waals surface area contributed by atoms with Gasteiger partial charge in [-0.1, -0.05) is 32.4 Å². The van der Waals surface area contributed by atoms with Crippen LogP contribution in [0.5, 0.6) is 5.75 Å². The Morgan fingerprint density at radius 3 is 2.42 bits per heavy atom. The predicted octanol–water partition coefficient (Wildman–Crippen LogP) is 3.55. The van der Waals surface area contributed by atoms with Gasteiger partial charge in [-0.05, 0) is 30.5 Å². The third-order valence-electron chi connectivity index (χ3n) is 3.21. The molecule has 0 amide bonds. The first kappa shape index (κ1) is 16.0. The lowest BCUT2D eigenvalue weighted by molar-refractivity contribution is 0.130. The normalized spacial score (nSPS) is 12.4. The van der Waals surface area contributed by atoms with Gasteiger partial charge >= 0.3 is 0 Å². The van der Waals surface area contributed by atoms with Crippen LogP contribution in [-0.2, 0) is 4.74 Å². The quantitative estimate of drug-likeness (QED) is 0.656. The summed E-state index contributed by atoms with van der Waals surface area (Å²) in [4.78, 5) is 0. The Balaban J connectivity index is 2.31. The van der Waals surface area contributed by atoms with Crippen LogP contribution in [0.2, 0.25) is 0 Å². The first-order valence-electron chi connectivity index (χ1n) is 7.26. The summed E-state index contributed by atoms with van der Waals surface area (Å²) in [6.07, 6.45) is 3.41. The number of methoxy groups -OCH3 is 1. The zero-order valence-corrected chi connectivity index (χ0v) is 12.4. The van der Waals surface area contributed by atoms with Gasteiger partial charge in [-0.2, -0.15) is 0 Å². The van der Waals surface area contributed by atoms with E-state index in [1.807, 2.05) is 12.1 Å². The van der Waals surface area contributed by atoms with E-state index in [9.17, 15) is 0 Å². The van der Waals surface area contributed by atoms with Crippen LogP contribution < -0.4 is 10.1 Å². The molecule has 0 aromatic heterocycles. The van der Waals surface area contributed by atoms with Crippen molar-refractivity contribution in [3.63, 3.8) is 0 Å². The Morgan fingerprint density at radius 2 is 1.84 bits per heavy atom. The van der Waals surface area contributed by atoms with E-state index in [4.69, 9.17) is 9.47 Å². The molecule has 1 atom stereocenters. The molecule has 0 saturated heterocycles. The predicted molar refractivity (Wildman–Crippen MR) is 79.8 cm³/mol. The molecule has 0 aliphatic heterocycles. The number of rotatable bonds is 10. The standard InChI is InChI=1S/C16H27NO2/c1-4-6-12-19-13-11-17-16(5-2)14-7-9-15(18-3)10-8-14/h7-10,16-17H,4-6,11-13H2,1-3H3. The second kappa shape index (κ2) is 9.82. The van der Waals surface area contributed by atoms with Gasteiger partial charge in [-0.15, -0.1) is 0 Å². The lowest BCUT2D eigenvalue weighted by Crippen LogP contribution is -2.25. The SMILES string of the molecule is CCCCOCCNC(CC)c1ccc(OC)cc1. The Bertz CT molecular complexity index is 324. The average Bonchev–Trinajstić information content (AvgIpc) is 2.47. The second-order valence-corrected chi connectivity index (χ2v) is 4.65. The molecule has 1 aromatic rings. The van der Waals surface area contributed by atoms with Gasteiger partial charge in [0, 0.05) is 19.2 Å². The average molecular weight is 265 g/mol. The van der Waals surface area contributed by atoms with Crippen molar-refractivity contribution in [2.75, 3.05) is 26.9 Å². The van der Waals surface area contributed by atoms with Crippen molar-refractivity contribution in [1.29, 1.82) is 0 Å². The molecule has 0 aliphatic carbocycles. The summed E-state index contributed by atoms with van der Waals surface area (Å²) in [5.74, 6) is 0.904. The molecule has 1 rings (SSSR count). The second-order valence-electron chi connectivity index (χ2n) is 4.65. The van der Waals surface area contributed by atoms with Gasteiger partial charge in [0.25, 0.3) is 0 Å². The van der Waals surface area contributed by atoms with Crippen molar-refractivity contribution in [1.82, 2.24) is 5.32 Å². The maximum absolute atomic E-state index is 5.56. The molecule has 0 saturated carbocycles. The number of ether oxygens (including phenoxy) is 2. The van der Waals surface area contributed by atoms with Crippen molar-refractivity contribution in [2.45, 2.75) is 39.2 Å². The first-order chi connectivity index (χ1) is 9.31. The van der Waals surface area contributed by atoms with Crippen LogP contribution in [0, 0.1) is 0 Å². The van der Waals surface area contributed by atoms with E-state index < -0.39 is 0 Å². The minimum Gasteiger partial charge on any atom is -0.497 e. The molecular weight excluding hydrogens is 238 g/mol. The number of unbranched alkanes of at least 4 members (excludes halogenated alkanes) is 1. The molecule has 1 unspecified atom stereocenters. The Hall–Kier alpha value is -1.06. The van der Waals surface area contributed by atoms with Crippen molar-refractivity contribution >= 4 is 0 Å². The van der Waals surface area contributed by atoms with E-state index in [1.165, 1.54) is 12.0 Å². The van der Waals surface area contributed by atoms with Gasteiger partial charge in [0.15, 0.2) is 0 Å². The molecule has 19 heavy (non-hydrogen) atoms. The van der Waals surface area contributed by atoms with E-state index in [-0.39, 0.29) is 0 Å². The van der Waals surface area contributed by atoms with Crippen LogP contribution in [0.15, 0.2) is 24.3 Å². The summed E-state index contributed by atoms with van der Waals surface area (Å²) < 4.78 is 10.7. The summed E-state index contributed by atoms with van der Waals surface area (Å²) >= 11 is 0. The highest BCUT2D eigenvalue weighted by Gasteiger charge is 2.08. The number of nitrogens with one attached hydrogen (secondary N) is 1. The van der Waals surface area contributed by atoms with E-state index in [1.54, 1.807) is 7.11 Å². The van der Waals surface area contributed by atoms with Gasteiger partial charge < -0.3 is 14.8 Å². The summed E-state index contributed by atoms with van der Waals surface area (Å²) in [5.41, 5.74) is 1.30. The fraction of sp³-hybridized carbons (Fsp3) is 0.625. The van der Waals surface area contributed by atoms with Crippen molar-refractivity contribution in [3.05, 3.63) is 29.8 Å². The monoisotopic (exact) mass is 265 g/mol. The summed E-state index contributed by atoms with van der Waals surface area (Å²) in [5, 5.41) is 3.53. The fourth-order valence-electron chi connectivity index (χ4n) is 1.99. The van der Waals surface area contributed by atoms with Crippen molar-refractivity contribution in [2.24, 2.45) is 0 Å². The third-order valence-corrected chi connectivity index (χ3v) is 3.21. The third kappa shape index (κ3) is 6.08. The Kier molecular flexibility index (Phi) is 8.26. The lowest BCUT2D eigenvalue weighted by atomic mass is 10.0. The minimum atomic E-state index is 0.390. The molecule has 1 aromatic carbocycles. The molecule has 0 aliphatic rings. The minimum absolute atomic E-state index is 0.390. The molecule has 0 heterocycles. The fourth-order valence-corrected chi connectivity index (χ4v) is 1.99. The highest BCUT2D eigenvalue weighted by molar-refractivity contribution is 5.29. The van der Waals surface area contributed by atoms with Crippen LogP contribution >= 0.6 is 0 Å². The molecular formula is C16H27NO2. The molecule has 1 N–H and O–H groups in total. The number of benzene rings is 1. The smallest absolute Gasteiger partial charge is 0.118 e. The van der Waals surface area contributed by atoms with E-state index in [0.717, 1.165) is 38.3 Å². The van der Waals surface area contributed by atoms with Gasteiger partial charge in [0.05, 0.1) is 13.7 Å². The largest absolute Gasteiger partial charge is 0.497 e. The maximum atomic E-state index is 5.56. The number of hydrogen-bond donors (Lipinski definition) is 1. The van der Waals surface area contributed by atoms with Crippen molar-refractivity contribution < 1.29 is 9.47 Å². The topological polar surface area (TPSA) is 30.5 Å². The van der Waals surface area contributed by atoms with Crippen LogP contribution in [-0.4, -0.2) is 26.9 Å². The molecule has 3 heteroatoms. The van der Waals surface area contributed by atoms with E-state index >= 15 is 0 Å². The van der Waals surface area contributed by atoms with Crippen LogP contribution in [0.1, 0.15) is 44.7 Å². The van der Waals surface area contributed by atoms with Crippen LogP contribution in [0.3, 0.4) is 0 Å². The molecule has 0 bridgehead atoms. The molecule has 0 spiro atoms. The molecule has 108 valence electrons. The first-order valence-corrected chi connectivity index (χ1v) is 7.26. The molecule has 0 fully saturated rings. The van der Waals surface area contributed by atoms with Gasteiger partial charge in [0.1, 0.15) is 5.75 Å². The maximum Gasteiger partial charge on any atom is 0.118 e. The summed E-state index contributed by atoms with van der Waals surface area (Å²) in [7, 11) is 1.69. The lowest BCUT2D eigenvalue weighted by Gasteiger charge is -2.17. The van der Waals surface area contributed by atoms with Crippen LogP contribution in [0.4, 0.5) is 0 Å².